The van der Waals surface area contributed by atoms with Crippen LogP contribution in [-0.2, 0) is 31.7 Å². The summed E-state index contributed by atoms with van der Waals surface area (Å²) in [5.41, 5.74) is 2.47. The normalized spacial score (nSPS) is 16.5. The number of carbonyl (C=O) groups is 1. The second-order valence-electron chi connectivity index (χ2n) is 5.74. The average molecular weight is 356 g/mol. The first-order valence-corrected chi connectivity index (χ1v) is 9.36. The number of benzene rings is 2. The van der Waals surface area contributed by atoms with Crippen LogP contribution in [-0.4, -0.2) is 20.9 Å². The van der Waals surface area contributed by atoms with Crippen LogP contribution in [0.3, 0.4) is 0 Å². The molecule has 0 bridgehead atoms. The number of hydrogen-bond donors (Lipinski definition) is 1. The van der Waals surface area contributed by atoms with E-state index < -0.39 is 22.0 Å². The highest BCUT2D eigenvalue weighted by atomic mass is 32.2. The highest BCUT2D eigenvalue weighted by molar-refractivity contribution is 7.89. The second-order valence-corrected chi connectivity index (χ2v) is 7.46. The lowest BCUT2D eigenvalue weighted by Crippen LogP contribution is -2.38. The van der Waals surface area contributed by atoms with E-state index >= 15 is 0 Å². The molecule has 0 fully saturated rings. The predicted octanol–water partition coefficient (Wildman–Crippen LogP) is 1.82. The molecule has 0 aromatic heterocycles. The number of fused-ring (bicyclic) bond motifs is 1. The summed E-state index contributed by atoms with van der Waals surface area (Å²) >= 11 is 0. The van der Waals surface area contributed by atoms with Crippen molar-refractivity contribution in [2.24, 2.45) is 0 Å². The fraction of sp³-hybridized carbons (Fsp3) is 0.222. The van der Waals surface area contributed by atoms with Gasteiger partial charge in [-0.2, -0.15) is 5.26 Å². The van der Waals surface area contributed by atoms with Crippen LogP contribution in [0.15, 0.2) is 48.5 Å². The van der Waals surface area contributed by atoms with Crippen LogP contribution in [0.5, 0.6) is 0 Å². The van der Waals surface area contributed by atoms with Crippen LogP contribution in [0.4, 0.5) is 0 Å². The zero-order valence-corrected chi connectivity index (χ0v) is 14.1. The number of carbonyl (C=O) groups excluding carboxylic acids is 1. The van der Waals surface area contributed by atoms with Crippen molar-refractivity contribution in [1.82, 2.24) is 4.72 Å². The summed E-state index contributed by atoms with van der Waals surface area (Å²) in [4.78, 5) is 12.4. The van der Waals surface area contributed by atoms with Gasteiger partial charge in [-0.1, -0.05) is 36.4 Å². The zero-order chi connectivity index (χ0) is 17.9. The standard InChI is InChI=1S/C18H16N2O4S/c19-11-13-4-3-5-14(10-13)12-25(22,23)20-18(21)17-16-7-2-1-6-15(16)8-9-24-17/h1-7,10,17H,8-9,12H2,(H,20,21)/t17-/m0/s1. The molecular weight excluding hydrogens is 340 g/mol. The Labute approximate surface area is 146 Å². The van der Waals surface area contributed by atoms with Crippen molar-refractivity contribution < 1.29 is 17.9 Å². The summed E-state index contributed by atoms with van der Waals surface area (Å²) in [6, 6.07) is 15.5. The van der Waals surface area contributed by atoms with Gasteiger partial charge in [0.15, 0.2) is 6.10 Å². The first-order chi connectivity index (χ1) is 12.0. The summed E-state index contributed by atoms with van der Waals surface area (Å²) in [7, 11) is -3.90. The summed E-state index contributed by atoms with van der Waals surface area (Å²) in [6.07, 6.45) is -0.252. The Morgan fingerprint density at radius 2 is 2.04 bits per heavy atom. The molecule has 1 amide bonds. The summed E-state index contributed by atoms with van der Waals surface area (Å²) < 4.78 is 32.1. The molecule has 1 heterocycles. The van der Waals surface area contributed by atoms with E-state index in [0.29, 0.717) is 29.7 Å². The fourth-order valence-corrected chi connectivity index (χ4v) is 3.91. The zero-order valence-electron chi connectivity index (χ0n) is 13.3. The quantitative estimate of drug-likeness (QED) is 0.901. The highest BCUT2D eigenvalue weighted by Crippen LogP contribution is 2.27. The lowest BCUT2D eigenvalue weighted by atomic mass is 9.97. The number of amides is 1. The Kier molecular flexibility index (Phi) is 4.83. The van der Waals surface area contributed by atoms with E-state index in [1.165, 1.54) is 6.07 Å². The van der Waals surface area contributed by atoms with E-state index in [-0.39, 0.29) is 5.75 Å². The molecule has 2 aromatic rings. The molecule has 1 aliphatic heterocycles. The van der Waals surface area contributed by atoms with Crippen LogP contribution in [0.2, 0.25) is 0 Å². The highest BCUT2D eigenvalue weighted by Gasteiger charge is 2.29. The van der Waals surface area contributed by atoms with Crippen molar-refractivity contribution >= 4 is 15.9 Å². The maximum atomic E-state index is 12.4. The largest absolute Gasteiger partial charge is 0.363 e. The smallest absolute Gasteiger partial charge is 0.267 e. The lowest BCUT2D eigenvalue weighted by molar-refractivity contribution is -0.132. The molecule has 2 aromatic carbocycles. The molecule has 0 aliphatic carbocycles. The van der Waals surface area contributed by atoms with Crippen molar-refractivity contribution in [3.8, 4) is 6.07 Å². The van der Waals surface area contributed by atoms with Crippen molar-refractivity contribution in [3.63, 3.8) is 0 Å². The molecule has 0 saturated carbocycles. The molecule has 1 aliphatic rings. The SMILES string of the molecule is N#Cc1cccc(CS(=O)(=O)NC(=O)[C@H]2OCCc3ccccc32)c1. The van der Waals surface area contributed by atoms with E-state index in [0.717, 1.165) is 5.56 Å². The van der Waals surface area contributed by atoms with Crippen LogP contribution in [0.25, 0.3) is 0 Å². The molecule has 128 valence electrons. The molecular formula is C18H16N2O4S. The van der Waals surface area contributed by atoms with E-state index in [9.17, 15) is 13.2 Å². The maximum Gasteiger partial charge on any atom is 0.267 e. The molecule has 1 atom stereocenters. The average Bonchev–Trinajstić information content (AvgIpc) is 2.60. The number of rotatable bonds is 4. The van der Waals surface area contributed by atoms with Crippen molar-refractivity contribution in [2.45, 2.75) is 18.3 Å². The van der Waals surface area contributed by atoms with Gasteiger partial charge in [0.25, 0.3) is 5.91 Å². The number of hydrogen-bond acceptors (Lipinski definition) is 5. The Balaban J connectivity index is 1.75. The Bertz CT molecular complexity index is 948. The van der Waals surface area contributed by atoms with Crippen LogP contribution < -0.4 is 4.72 Å². The van der Waals surface area contributed by atoms with Gasteiger partial charge in [-0.15, -0.1) is 0 Å². The van der Waals surface area contributed by atoms with Gasteiger partial charge in [-0.3, -0.25) is 9.52 Å². The number of ether oxygens (including phenoxy) is 1. The first kappa shape index (κ1) is 17.1. The van der Waals surface area contributed by atoms with Crippen molar-refractivity contribution in [2.75, 3.05) is 6.61 Å². The van der Waals surface area contributed by atoms with Crippen molar-refractivity contribution in [3.05, 3.63) is 70.8 Å². The van der Waals surface area contributed by atoms with Crippen LogP contribution >= 0.6 is 0 Å². The van der Waals surface area contributed by atoms with Gasteiger partial charge in [-0.05, 0) is 35.2 Å². The Morgan fingerprint density at radius 3 is 2.84 bits per heavy atom. The fourth-order valence-electron chi connectivity index (χ4n) is 2.80. The number of nitrogens with zero attached hydrogens (tertiary/aromatic N) is 1. The van der Waals surface area contributed by atoms with Gasteiger partial charge in [0, 0.05) is 0 Å². The van der Waals surface area contributed by atoms with Crippen LogP contribution in [0, 0.1) is 11.3 Å². The summed E-state index contributed by atoms with van der Waals surface area (Å²) in [5.74, 6) is -1.09. The molecule has 1 N–H and O–H groups in total. The minimum Gasteiger partial charge on any atom is -0.363 e. The molecule has 0 radical (unpaired) electrons. The maximum absolute atomic E-state index is 12.4. The third kappa shape index (κ3) is 4.05. The second kappa shape index (κ2) is 7.05. The minimum absolute atomic E-state index is 0.360. The molecule has 6 nitrogen and oxygen atoms in total. The first-order valence-electron chi connectivity index (χ1n) is 7.71. The monoisotopic (exact) mass is 356 g/mol. The lowest BCUT2D eigenvalue weighted by Gasteiger charge is -2.25. The van der Waals surface area contributed by atoms with Gasteiger partial charge >= 0.3 is 0 Å². The van der Waals surface area contributed by atoms with E-state index in [1.807, 2.05) is 18.2 Å². The van der Waals surface area contributed by atoms with Gasteiger partial charge in [0.1, 0.15) is 0 Å². The van der Waals surface area contributed by atoms with Crippen molar-refractivity contribution in [1.29, 1.82) is 5.26 Å². The van der Waals surface area contributed by atoms with Crippen LogP contribution in [0.1, 0.15) is 28.4 Å². The van der Waals surface area contributed by atoms with E-state index in [2.05, 4.69) is 4.72 Å². The minimum atomic E-state index is -3.90. The molecule has 3 rings (SSSR count). The van der Waals surface area contributed by atoms with Gasteiger partial charge in [-0.25, -0.2) is 8.42 Å². The molecule has 0 saturated heterocycles. The Morgan fingerprint density at radius 1 is 1.24 bits per heavy atom. The number of nitriles is 1. The third-order valence-electron chi connectivity index (χ3n) is 3.90. The van der Waals surface area contributed by atoms with Gasteiger partial charge in [0.2, 0.25) is 10.0 Å². The number of sulfonamides is 1. The summed E-state index contributed by atoms with van der Waals surface area (Å²) in [5, 5.41) is 8.88. The molecule has 0 spiro atoms. The van der Waals surface area contributed by atoms with E-state index in [1.54, 1.807) is 30.3 Å². The van der Waals surface area contributed by atoms with Gasteiger partial charge in [0.05, 0.1) is 24.0 Å². The Hall–Kier alpha value is -2.69. The van der Waals surface area contributed by atoms with Gasteiger partial charge < -0.3 is 4.74 Å². The topological polar surface area (TPSA) is 96.3 Å². The molecule has 25 heavy (non-hydrogen) atoms. The predicted molar refractivity (Wildman–Crippen MR) is 90.8 cm³/mol. The molecule has 7 heteroatoms. The van der Waals surface area contributed by atoms with E-state index in [4.69, 9.17) is 10.00 Å². The summed E-state index contributed by atoms with van der Waals surface area (Å²) in [6.45, 7) is 0.360. The third-order valence-corrected chi connectivity index (χ3v) is 5.13. The molecule has 0 unspecified atom stereocenters. The number of nitrogens with one attached hydrogen (secondary N) is 1.